The predicted octanol–water partition coefficient (Wildman–Crippen LogP) is -2.05. The SMILES string of the molecule is C=CCCC1=[C-]CC=C1.[C-]1=CC=CC1.[Cl-].[Cl-].[Zr+4]. The van der Waals surface area contributed by atoms with E-state index in [1.807, 2.05) is 18.2 Å². The Morgan fingerprint density at radius 3 is 2.35 bits per heavy atom. The monoisotopic (exact) mass is 344 g/mol. The van der Waals surface area contributed by atoms with Gasteiger partial charge in [-0.3, -0.25) is 12.2 Å². The average molecular weight is 346 g/mol. The molecule has 0 N–H and O–H groups in total. The first-order valence-corrected chi connectivity index (χ1v) is 5.02. The van der Waals surface area contributed by atoms with Crippen LogP contribution in [0, 0.1) is 12.2 Å². The molecule has 0 saturated carbocycles. The molecule has 17 heavy (non-hydrogen) atoms. The summed E-state index contributed by atoms with van der Waals surface area (Å²) in [4.78, 5) is 0. The van der Waals surface area contributed by atoms with Gasteiger partial charge in [-0.05, 0) is 6.42 Å². The first kappa shape index (κ1) is 22.4. The maximum Gasteiger partial charge on any atom is 4.00 e. The van der Waals surface area contributed by atoms with E-state index in [1.165, 1.54) is 5.57 Å². The van der Waals surface area contributed by atoms with Crippen LogP contribution in [0.1, 0.15) is 25.7 Å². The summed E-state index contributed by atoms with van der Waals surface area (Å²) in [6, 6.07) is 0. The van der Waals surface area contributed by atoms with Crippen LogP contribution < -0.4 is 24.8 Å². The van der Waals surface area contributed by atoms with E-state index in [4.69, 9.17) is 0 Å². The minimum absolute atomic E-state index is 0. The van der Waals surface area contributed by atoms with Crippen molar-refractivity contribution in [3.63, 3.8) is 0 Å². The zero-order valence-corrected chi connectivity index (χ0v) is 13.7. The molecule has 0 atom stereocenters. The van der Waals surface area contributed by atoms with Gasteiger partial charge in [0, 0.05) is 0 Å². The second-order valence-corrected chi connectivity index (χ2v) is 3.14. The molecule has 90 valence electrons. The molecule has 0 nitrogen and oxygen atoms in total. The molecule has 3 heteroatoms. The van der Waals surface area contributed by atoms with Crippen molar-refractivity contribution in [2.45, 2.75) is 25.7 Å². The van der Waals surface area contributed by atoms with Gasteiger partial charge in [0.15, 0.2) is 0 Å². The van der Waals surface area contributed by atoms with Crippen LogP contribution in [-0.2, 0) is 26.2 Å². The minimum Gasteiger partial charge on any atom is -1.00 e. The summed E-state index contributed by atoms with van der Waals surface area (Å²) < 4.78 is 0. The topological polar surface area (TPSA) is 0 Å². The van der Waals surface area contributed by atoms with Crippen molar-refractivity contribution in [1.82, 2.24) is 0 Å². The molecule has 0 aliphatic heterocycles. The third-order valence-electron chi connectivity index (χ3n) is 1.97. The summed E-state index contributed by atoms with van der Waals surface area (Å²) in [7, 11) is 0. The van der Waals surface area contributed by atoms with Crippen molar-refractivity contribution >= 4 is 0 Å². The van der Waals surface area contributed by atoms with Crippen LogP contribution in [0.25, 0.3) is 0 Å². The van der Waals surface area contributed by atoms with Crippen LogP contribution in [0.4, 0.5) is 0 Å². The Labute approximate surface area is 137 Å². The molecule has 2 aliphatic rings. The third kappa shape index (κ3) is 12.4. The first-order chi connectivity index (χ1) is 6.93. The van der Waals surface area contributed by atoms with E-state index in [1.54, 1.807) is 0 Å². The standard InChI is InChI=1S/C9H11.C5H5.2ClH.Zr/c1-2-3-6-9-7-4-5-8-9;1-2-4-5-3-1;;;/h2,4,7H,1,3,5-6H2;1-3H,4H2;2*1H;/q2*-1;;;+4/p-2. The van der Waals surface area contributed by atoms with E-state index in [2.05, 4.69) is 37.0 Å². The number of hydrogen-bond acceptors (Lipinski definition) is 0. The van der Waals surface area contributed by atoms with Crippen molar-refractivity contribution in [1.29, 1.82) is 0 Å². The van der Waals surface area contributed by atoms with E-state index in [0.717, 1.165) is 25.7 Å². The van der Waals surface area contributed by atoms with E-state index in [0.29, 0.717) is 0 Å². The van der Waals surface area contributed by atoms with Crippen LogP contribution in [0.2, 0.25) is 0 Å². The van der Waals surface area contributed by atoms with Crippen molar-refractivity contribution < 1.29 is 51.0 Å². The maximum absolute atomic E-state index is 3.66. The van der Waals surface area contributed by atoms with Gasteiger partial charge >= 0.3 is 26.2 Å². The molecule has 0 bridgehead atoms. The molecule has 0 aromatic heterocycles. The summed E-state index contributed by atoms with van der Waals surface area (Å²) in [5, 5.41) is 0. The molecule has 0 saturated heterocycles. The van der Waals surface area contributed by atoms with Crippen LogP contribution in [0.5, 0.6) is 0 Å². The maximum atomic E-state index is 3.66. The van der Waals surface area contributed by atoms with Gasteiger partial charge in [-0.15, -0.1) is 19.4 Å². The Morgan fingerprint density at radius 2 is 2.00 bits per heavy atom. The van der Waals surface area contributed by atoms with Crippen LogP contribution in [0.15, 0.2) is 48.6 Å². The van der Waals surface area contributed by atoms with E-state index < -0.39 is 0 Å². The molecule has 2 rings (SSSR count). The fourth-order valence-corrected chi connectivity index (χ4v) is 1.22. The average Bonchev–Trinajstić information content (AvgIpc) is 2.90. The minimum atomic E-state index is 0. The number of rotatable bonds is 3. The predicted molar refractivity (Wildman–Crippen MR) is 61.5 cm³/mol. The van der Waals surface area contributed by atoms with E-state index in [9.17, 15) is 0 Å². The summed E-state index contributed by atoms with van der Waals surface area (Å²) in [5.74, 6) is 0. The van der Waals surface area contributed by atoms with Gasteiger partial charge in [0.2, 0.25) is 0 Å². The number of hydrogen-bond donors (Lipinski definition) is 0. The zero-order chi connectivity index (χ0) is 10.1. The van der Waals surface area contributed by atoms with Gasteiger partial charge in [0.25, 0.3) is 0 Å². The van der Waals surface area contributed by atoms with Crippen LogP contribution in [0.3, 0.4) is 0 Å². The molecule has 0 aromatic rings. The Bertz CT molecular complexity index is 279. The third-order valence-corrected chi connectivity index (χ3v) is 1.97. The van der Waals surface area contributed by atoms with Gasteiger partial charge in [-0.1, -0.05) is 12.5 Å². The molecule has 2 aliphatic carbocycles. The van der Waals surface area contributed by atoms with Gasteiger partial charge in [0.05, 0.1) is 0 Å². The van der Waals surface area contributed by atoms with Gasteiger partial charge in [-0.2, -0.15) is 12.2 Å². The van der Waals surface area contributed by atoms with Crippen molar-refractivity contribution in [2.75, 3.05) is 0 Å². The van der Waals surface area contributed by atoms with Crippen LogP contribution in [-0.4, -0.2) is 0 Å². The number of allylic oxidation sites excluding steroid dienone is 9. The van der Waals surface area contributed by atoms with Crippen molar-refractivity contribution in [3.05, 3.63) is 60.8 Å². The van der Waals surface area contributed by atoms with Gasteiger partial charge < -0.3 is 24.8 Å². The molecule has 0 aromatic carbocycles. The molecule has 0 amide bonds. The summed E-state index contributed by atoms with van der Waals surface area (Å²) in [5.41, 5.74) is 1.34. The Balaban J connectivity index is -0.000000216. The normalized spacial score (nSPS) is 13.5. The summed E-state index contributed by atoms with van der Waals surface area (Å²) in [6.45, 7) is 3.66. The Hall–Kier alpha value is 0.163. The summed E-state index contributed by atoms with van der Waals surface area (Å²) >= 11 is 0. The smallest absolute Gasteiger partial charge is 1.00 e. The molecule has 0 unspecified atom stereocenters. The Kier molecular flexibility index (Phi) is 21.3. The fraction of sp³-hybridized carbons (Fsp3) is 0.286. The molecule has 0 spiro atoms. The first-order valence-electron chi connectivity index (χ1n) is 5.02. The van der Waals surface area contributed by atoms with Gasteiger partial charge in [0.1, 0.15) is 0 Å². The fourth-order valence-electron chi connectivity index (χ4n) is 1.22. The molecule has 0 heterocycles. The summed E-state index contributed by atoms with van der Waals surface area (Å²) in [6.07, 6.45) is 22.7. The molecule has 0 radical (unpaired) electrons. The largest absolute Gasteiger partial charge is 4.00 e. The second kappa shape index (κ2) is 16.2. The zero-order valence-electron chi connectivity index (χ0n) is 9.76. The molecule has 0 fully saturated rings. The quantitative estimate of drug-likeness (QED) is 0.408. The number of halogens is 2. The van der Waals surface area contributed by atoms with Crippen molar-refractivity contribution in [3.8, 4) is 0 Å². The van der Waals surface area contributed by atoms with E-state index in [-0.39, 0.29) is 51.0 Å². The van der Waals surface area contributed by atoms with Gasteiger partial charge in [-0.25, -0.2) is 23.8 Å². The van der Waals surface area contributed by atoms with Crippen LogP contribution >= 0.6 is 0 Å². The van der Waals surface area contributed by atoms with E-state index >= 15 is 0 Å². The second-order valence-electron chi connectivity index (χ2n) is 3.14. The molecular formula is C14H16Cl2Zr. The van der Waals surface area contributed by atoms with Crippen molar-refractivity contribution in [2.24, 2.45) is 0 Å². The molecular weight excluding hydrogens is 330 g/mol. The Morgan fingerprint density at radius 1 is 1.24 bits per heavy atom.